The fourth-order valence-corrected chi connectivity index (χ4v) is 1.11. The van der Waals surface area contributed by atoms with E-state index in [9.17, 15) is 9.59 Å². The number of rotatable bonds is 5. The van der Waals surface area contributed by atoms with Gasteiger partial charge in [0.1, 0.15) is 6.04 Å². The Labute approximate surface area is 89.8 Å². The molecule has 0 aromatic carbocycles. The lowest BCUT2D eigenvalue weighted by molar-refractivity contribution is -0.151. The molecule has 1 atom stereocenters. The second kappa shape index (κ2) is 5.24. The van der Waals surface area contributed by atoms with Gasteiger partial charge in [0.05, 0.1) is 6.10 Å². The maximum absolute atomic E-state index is 11.5. The molecule has 0 saturated carbocycles. The van der Waals surface area contributed by atoms with E-state index in [0.29, 0.717) is 6.41 Å². The van der Waals surface area contributed by atoms with Crippen LogP contribution in [-0.2, 0) is 14.3 Å². The first kappa shape index (κ1) is 13.3. The highest BCUT2D eigenvalue weighted by molar-refractivity contribution is 7.81. The molecule has 0 saturated heterocycles. The van der Waals surface area contributed by atoms with E-state index in [0.717, 1.165) is 0 Å². The molecule has 0 aliphatic rings. The Hall–Kier alpha value is -0.710. The molecule has 0 aliphatic heterocycles. The van der Waals surface area contributed by atoms with Gasteiger partial charge in [-0.2, -0.15) is 12.6 Å². The molecule has 1 N–H and O–H groups in total. The van der Waals surface area contributed by atoms with E-state index in [1.807, 2.05) is 0 Å². The Morgan fingerprint density at radius 2 is 2.00 bits per heavy atom. The summed E-state index contributed by atoms with van der Waals surface area (Å²) in [5.74, 6) is -0.466. The highest BCUT2D eigenvalue weighted by Gasteiger charge is 2.33. The van der Waals surface area contributed by atoms with Gasteiger partial charge in [-0.3, -0.25) is 4.79 Å². The van der Waals surface area contributed by atoms with E-state index < -0.39 is 16.8 Å². The normalized spacial score (nSPS) is 13.6. The highest BCUT2D eigenvalue weighted by Crippen LogP contribution is 2.18. The quantitative estimate of drug-likeness (QED) is 0.408. The second-order valence-corrected chi connectivity index (χ2v) is 5.01. The number of hydrogen-bond donors (Lipinski definition) is 2. The topological polar surface area (TPSA) is 55.4 Å². The third-order valence-corrected chi connectivity index (χ3v) is 1.79. The van der Waals surface area contributed by atoms with Crippen LogP contribution in [0.1, 0.15) is 27.7 Å². The minimum Gasteiger partial charge on any atom is -0.461 e. The van der Waals surface area contributed by atoms with Gasteiger partial charge >= 0.3 is 5.97 Å². The fraction of sp³-hybridized carbons (Fsp3) is 0.778. The number of thiol groups is 1. The number of esters is 1. The summed E-state index contributed by atoms with van der Waals surface area (Å²) in [4.78, 5) is 21.8. The van der Waals surface area contributed by atoms with Crippen LogP contribution in [0.15, 0.2) is 0 Å². The number of hydrogen-bond acceptors (Lipinski definition) is 4. The molecule has 0 unspecified atom stereocenters. The van der Waals surface area contributed by atoms with E-state index >= 15 is 0 Å². The number of carbonyl (C=O) groups excluding carboxylic acids is 2. The van der Waals surface area contributed by atoms with Crippen LogP contribution in [0.5, 0.6) is 0 Å². The third kappa shape index (κ3) is 4.50. The average Bonchev–Trinajstić information content (AvgIpc) is 1.96. The highest BCUT2D eigenvalue weighted by atomic mass is 32.1. The fourth-order valence-electron chi connectivity index (χ4n) is 0.929. The maximum atomic E-state index is 11.5. The molecule has 0 radical (unpaired) electrons. The minimum atomic E-state index is -0.731. The molecule has 0 fully saturated rings. The van der Waals surface area contributed by atoms with Crippen LogP contribution in [0, 0.1) is 0 Å². The van der Waals surface area contributed by atoms with Gasteiger partial charge in [0.2, 0.25) is 6.41 Å². The van der Waals surface area contributed by atoms with Gasteiger partial charge in [-0.15, -0.1) is 0 Å². The van der Waals surface area contributed by atoms with Crippen LogP contribution in [0.3, 0.4) is 0 Å². The van der Waals surface area contributed by atoms with Crippen LogP contribution in [0.25, 0.3) is 0 Å². The molecule has 0 aliphatic carbocycles. The molecule has 1 amide bonds. The van der Waals surface area contributed by atoms with Crippen molar-refractivity contribution < 1.29 is 14.3 Å². The molecule has 82 valence electrons. The molecule has 0 rings (SSSR count). The first-order valence-electron chi connectivity index (χ1n) is 4.41. The van der Waals surface area contributed by atoms with Crippen molar-refractivity contribution in [3.63, 3.8) is 0 Å². The lowest BCUT2D eigenvalue weighted by Gasteiger charge is -2.27. The minimum absolute atomic E-state index is 0.200. The van der Waals surface area contributed by atoms with Crippen molar-refractivity contribution >= 4 is 25.0 Å². The summed E-state index contributed by atoms with van der Waals surface area (Å²) in [5.41, 5.74) is 0. The number of amides is 1. The van der Waals surface area contributed by atoms with Gasteiger partial charge in [0.15, 0.2) is 0 Å². The van der Waals surface area contributed by atoms with Gasteiger partial charge in [0, 0.05) is 4.75 Å². The molecular weight excluding hydrogens is 202 g/mol. The first-order chi connectivity index (χ1) is 6.29. The van der Waals surface area contributed by atoms with Gasteiger partial charge < -0.3 is 10.1 Å². The summed E-state index contributed by atoms with van der Waals surface area (Å²) in [6.45, 7) is 6.97. The van der Waals surface area contributed by atoms with Crippen LogP contribution in [0.2, 0.25) is 0 Å². The van der Waals surface area contributed by atoms with Gasteiger partial charge in [-0.05, 0) is 27.7 Å². The molecule has 4 nitrogen and oxygen atoms in total. The van der Waals surface area contributed by atoms with Gasteiger partial charge in [-0.1, -0.05) is 0 Å². The summed E-state index contributed by atoms with van der Waals surface area (Å²) in [7, 11) is 0. The molecule has 0 bridgehead atoms. The zero-order chi connectivity index (χ0) is 11.4. The van der Waals surface area contributed by atoms with Crippen molar-refractivity contribution in [3.05, 3.63) is 0 Å². The summed E-state index contributed by atoms with van der Waals surface area (Å²) < 4.78 is 4.34. The van der Waals surface area contributed by atoms with Crippen molar-refractivity contribution in [1.82, 2.24) is 5.32 Å². The smallest absolute Gasteiger partial charge is 0.330 e. The molecule has 0 aromatic heterocycles. The molecule has 14 heavy (non-hydrogen) atoms. The number of ether oxygens (including phenoxy) is 1. The summed E-state index contributed by atoms with van der Waals surface area (Å²) >= 11 is 4.22. The lowest BCUT2D eigenvalue weighted by atomic mass is 10.0. The zero-order valence-corrected chi connectivity index (χ0v) is 9.80. The van der Waals surface area contributed by atoms with Crippen LogP contribution in [0.4, 0.5) is 0 Å². The molecule has 0 spiro atoms. The lowest BCUT2D eigenvalue weighted by Crippen LogP contribution is -2.50. The first-order valence-corrected chi connectivity index (χ1v) is 4.86. The third-order valence-electron chi connectivity index (χ3n) is 1.53. The summed E-state index contributed by atoms with van der Waals surface area (Å²) in [6.07, 6.45) is 0.277. The van der Waals surface area contributed by atoms with Crippen molar-refractivity contribution in [1.29, 1.82) is 0 Å². The van der Waals surface area contributed by atoms with E-state index in [2.05, 4.69) is 17.9 Å². The summed E-state index contributed by atoms with van der Waals surface area (Å²) in [5, 5.41) is 2.40. The Bertz CT molecular complexity index is 211. The van der Waals surface area contributed by atoms with Gasteiger partial charge in [-0.25, -0.2) is 4.79 Å². The largest absolute Gasteiger partial charge is 0.461 e. The average molecular weight is 219 g/mol. The maximum Gasteiger partial charge on any atom is 0.330 e. The Morgan fingerprint density at radius 3 is 2.29 bits per heavy atom. The van der Waals surface area contributed by atoms with E-state index in [1.54, 1.807) is 27.7 Å². The Morgan fingerprint density at radius 1 is 1.50 bits per heavy atom. The van der Waals surface area contributed by atoms with Crippen LogP contribution >= 0.6 is 12.6 Å². The van der Waals surface area contributed by atoms with E-state index in [-0.39, 0.29) is 6.10 Å². The Balaban J connectivity index is 4.49. The predicted octanol–water partition coefficient (Wildman–Crippen LogP) is 0.761. The van der Waals surface area contributed by atoms with Gasteiger partial charge in [0.25, 0.3) is 0 Å². The van der Waals surface area contributed by atoms with E-state index in [4.69, 9.17) is 4.74 Å². The molecule has 0 heterocycles. The van der Waals surface area contributed by atoms with E-state index in [1.165, 1.54) is 0 Å². The van der Waals surface area contributed by atoms with Crippen molar-refractivity contribution in [3.8, 4) is 0 Å². The zero-order valence-electron chi connectivity index (χ0n) is 8.90. The number of carbonyl (C=O) groups is 2. The number of nitrogens with one attached hydrogen (secondary N) is 1. The van der Waals surface area contributed by atoms with Crippen molar-refractivity contribution in [2.24, 2.45) is 0 Å². The second-order valence-electron chi connectivity index (χ2n) is 3.86. The predicted molar refractivity (Wildman–Crippen MR) is 57.3 cm³/mol. The monoisotopic (exact) mass is 219 g/mol. The van der Waals surface area contributed by atoms with Crippen molar-refractivity contribution in [2.75, 3.05) is 0 Å². The molecular formula is C9H17NO3S. The van der Waals surface area contributed by atoms with Crippen LogP contribution in [-0.4, -0.2) is 29.3 Å². The van der Waals surface area contributed by atoms with Crippen LogP contribution < -0.4 is 5.32 Å². The van der Waals surface area contributed by atoms with Crippen molar-refractivity contribution in [2.45, 2.75) is 44.6 Å². The SMILES string of the molecule is CC(C)OC(=O)[C@@H](NC=O)C(C)(C)S. The molecule has 5 heteroatoms. The molecule has 0 aromatic rings. The summed E-state index contributed by atoms with van der Waals surface area (Å²) in [6, 6.07) is -0.731. The Kier molecular flexibility index (Phi) is 4.97. The standard InChI is InChI=1S/C9H17NO3S/c1-6(2)13-8(12)7(10-5-11)9(3,4)14/h5-7,14H,1-4H3,(H,10,11)/t7-/m1/s1.